The Morgan fingerprint density at radius 2 is 1.96 bits per heavy atom. The Bertz CT molecular complexity index is 783. The minimum Gasteiger partial charge on any atom is -0.271 e. The van der Waals surface area contributed by atoms with E-state index in [9.17, 15) is 4.79 Å². The van der Waals surface area contributed by atoms with Gasteiger partial charge in [0.05, 0.1) is 11.9 Å². The van der Waals surface area contributed by atoms with Gasteiger partial charge in [-0.25, -0.2) is 5.43 Å². The number of amides is 1. The van der Waals surface area contributed by atoms with Gasteiger partial charge in [0.15, 0.2) is 0 Å². The smallest absolute Gasteiger partial charge is 0.261 e. The molecular formula is C20H26N4O. The first-order chi connectivity index (χ1) is 11.8. The van der Waals surface area contributed by atoms with Gasteiger partial charge in [0.25, 0.3) is 5.91 Å². The Kier molecular flexibility index (Phi) is 6.28. The van der Waals surface area contributed by atoms with Gasteiger partial charge in [-0.15, -0.1) is 0 Å². The molecule has 0 atom stereocenters. The maximum atomic E-state index is 11.9. The summed E-state index contributed by atoms with van der Waals surface area (Å²) in [6.07, 6.45) is 3.68. The first kappa shape index (κ1) is 18.6. The zero-order chi connectivity index (χ0) is 18.4. The molecule has 0 saturated heterocycles. The third-order valence-corrected chi connectivity index (χ3v) is 3.85. The van der Waals surface area contributed by atoms with Gasteiger partial charge in [0.2, 0.25) is 0 Å². The summed E-state index contributed by atoms with van der Waals surface area (Å²) in [6.45, 7) is 10.3. The number of nitrogens with one attached hydrogen (secondary N) is 1. The molecule has 1 N–H and O–H groups in total. The normalized spacial score (nSPS) is 12.2. The van der Waals surface area contributed by atoms with Gasteiger partial charge in [0, 0.05) is 5.69 Å². The quantitative estimate of drug-likeness (QED) is 0.643. The minimum atomic E-state index is -0.198. The zero-order valence-electron chi connectivity index (χ0n) is 15.6. The fourth-order valence-corrected chi connectivity index (χ4v) is 2.49. The van der Waals surface area contributed by atoms with Gasteiger partial charge in [-0.05, 0) is 49.5 Å². The molecule has 1 aromatic heterocycles. The van der Waals surface area contributed by atoms with Crippen molar-refractivity contribution in [3.05, 3.63) is 58.4 Å². The van der Waals surface area contributed by atoms with Crippen molar-refractivity contribution in [2.45, 2.75) is 47.1 Å². The lowest BCUT2D eigenvalue weighted by Gasteiger charge is -2.05. The van der Waals surface area contributed by atoms with E-state index in [0.717, 1.165) is 22.5 Å². The number of rotatable bonds is 6. The topological polar surface area (TPSA) is 59.3 Å². The number of hydrogen-bond donors (Lipinski definition) is 1. The van der Waals surface area contributed by atoms with E-state index < -0.39 is 0 Å². The summed E-state index contributed by atoms with van der Waals surface area (Å²) in [5.41, 5.74) is 7.79. The molecule has 5 heteroatoms. The zero-order valence-corrected chi connectivity index (χ0v) is 15.6. The molecule has 132 valence electrons. The van der Waals surface area contributed by atoms with Crippen LogP contribution in [0.25, 0.3) is 6.08 Å². The molecule has 25 heavy (non-hydrogen) atoms. The van der Waals surface area contributed by atoms with E-state index >= 15 is 0 Å². The summed E-state index contributed by atoms with van der Waals surface area (Å²) in [6, 6.07) is 10.4. The number of hydrogen-bond acceptors (Lipinski definition) is 3. The van der Waals surface area contributed by atoms with Crippen LogP contribution in [0.3, 0.4) is 0 Å². The maximum Gasteiger partial charge on any atom is 0.261 e. The third kappa shape index (κ3) is 5.71. The second-order valence-corrected chi connectivity index (χ2v) is 6.59. The number of nitrogens with zero attached hydrogens (tertiary/aromatic N) is 3. The molecule has 0 unspecified atom stereocenters. The largest absolute Gasteiger partial charge is 0.271 e. The highest BCUT2D eigenvalue weighted by molar-refractivity contribution is 5.86. The van der Waals surface area contributed by atoms with Gasteiger partial charge >= 0.3 is 0 Å². The van der Waals surface area contributed by atoms with Crippen LogP contribution in [0.2, 0.25) is 0 Å². The molecule has 1 heterocycles. The predicted molar refractivity (Wildman–Crippen MR) is 103 cm³/mol. The molecule has 0 saturated carbocycles. The van der Waals surface area contributed by atoms with Crippen molar-refractivity contribution in [1.29, 1.82) is 0 Å². The first-order valence-electron chi connectivity index (χ1n) is 8.46. The number of aromatic nitrogens is 2. The molecule has 0 aliphatic rings. The lowest BCUT2D eigenvalue weighted by atomic mass is 10.0. The van der Waals surface area contributed by atoms with Crippen LogP contribution in [0.1, 0.15) is 49.2 Å². The van der Waals surface area contributed by atoms with Crippen molar-refractivity contribution in [2.75, 3.05) is 0 Å². The van der Waals surface area contributed by atoms with Crippen LogP contribution in [-0.2, 0) is 11.3 Å². The Labute approximate surface area is 149 Å². The molecule has 5 nitrogen and oxygen atoms in total. The van der Waals surface area contributed by atoms with Crippen molar-refractivity contribution < 1.29 is 4.79 Å². The SMILES string of the molecule is CC(/C=N\NC(=O)Cn1nc(C)cc1C)=C/c1ccc(C(C)C)cc1. The number of carbonyl (C=O) groups excluding carboxylic acids is 1. The van der Waals surface area contributed by atoms with Crippen LogP contribution in [0.15, 0.2) is 41.0 Å². The third-order valence-electron chi connectivity index (χ3n) is 3.85. The van der Waals surface area contributed by atoms with E-state index in [-0.39, 0.29) is 12.5 Å². The van der Waals surface area contributed by atoms with Crippen LogP contribution in [-0.4, -0.2) is 21.9 Å². The van der Waals surface area contributed by atoms with Crippen LogP contribution in [0.5, 0.6) is 0 Å². The average molecular weight is 338 g/mol. The highest BCUT2D eigenvalue weighted by Crippen LogP contribution is 2.15. The molecule has 1 amide bonds. The molecular weight excluding hydrogens is 312 g/mol. The van der Waals surface area contributed by atoms with Crippen LogP contribution >= 0.6 is 0 Å². The Balaban J connectivity index is 1.89. The summed E-state index contributed by atoms with van der Waals surface area (Å²) in [7, 11) is 0. The second-order valence-electron chi connectivity index (χ2n) is 6.59. The van der Waals surface area contributed by atoms with Crippen molar-refractivity contribution in [3.63, 3.8) is 0 Å². The Morgan fingerprint density at radius 3 is 2.52 bits per heavy atom. The molecule has 0 spiro atoms. The first-order valence-corrected chi connectivity index (χ1v) is 8.46. The fraction of sp³-hybridized carbons (Fsp3) is 0.350. The number of carbonyl (C=O) groups is 1. The summed E-state index contributed by atoms with van der Waals surface area (Å²) in [5.74, 6) is 0.328. The second kappa shape index (κ2) is 8.42. The van der Waals surface area contributed by atoms with E-state index in [1.165, 1.54) is 5.56 Å². The van der Waals surface area contributed by atoms with Crippen molar-refractivity contribution in [1.82, 2.24) is 15.2 Å². The summed E-state index contributed by atoms with van der Waals surface area (Å²) in [4.78, 5) is 11.9. The molecule has 0 radical (unpaired) electrons. The van der Waals surface area contributed by atoms with E-state index in [2.05, 4.69) is 53.7 Å². The lowest BCUT2D eigenvalue weighted by molar-refractivity contribution is -0.121. The molecule has 0 bridgehead atoms. The van der Waals surface area contributed by atoms with Crippen LogP contribution in [0.4, 0.5) is 0 Å². The molecule has 0 aliphatic carbocycles. The van der Waals surface area contributed by atoms with E-state index in [1.54, 1.807) is 10.9 Å². The highest BCUT2D eigenvalue weighted by Gasteiger charge is 2.05. The Morgan fingerprint density at radius 1 is 1.28 bits per heavy atom. The van der Waals surface area contributed by atoms with Crippen molar-refractivity contribution in [3.8, 4) is 0 Å². The molecule has 0 aliphatic heterocycles. The lowest BCUT2D eigenvalue weighted by Crippen LogP contribution is -2.24. The van der Waals surface area contributed by atoms with Gasteiger partial charge < -0.3 is 0 Å². The van der Waals surface area contributed by atoms with E-state index in [0.29, 0.717) is 5.92 Å². The number of aryl methyl sites for hydroxylation is 2. The molecule has 0 fully saturated rings. The summed E-state index contributed by atoms with van der Waals surface area (Å²) in [5, 5.41) is 8.27. The van der Waals surface area contributed by atoms with Gasteiger partial charge in [-0.3, -0.25) is 9.48 Å². The molecule has 2 rings (SSSR count). The van der Waals surface area contributed by atoms with Gasteiger partial charge in [-0.2, -0.15) is 10.2 Å². The van der Waals surface area contributed by atoms with Crippen molar-refractivity contribution in [2.24, 2.45) is 5.10 Å². The highest BCUT2D eigenvalue weighted by atomic mass is 16.2. The average Bonchev–Trinajstić information content (AvgIpc) is 2.85. The monoisotopic (exact) mass is 338 g/mol. The summed E-state index contributed by atoms with van der Waals surface area (Å²) < 4.78 is 1.67. The number of hydrazone groups is 1. The van der Waals surface area contributed by atoms with Gasteiger partial charge in [0.1, 0.15) is 6.54 Å². The van der Waals surface area contributed by atoms with E-state index in [4.69, 9.17) is 0 Å². The molecule has 2 aromatic rings. The Hall–Kier alpha value is -2.69. The van der Waals surface area contributed by atoms with Crippen molar-refractivity contribution >= 4 is 18.2 Å². The molecule has 1 aromatic carbocycles. The van der Waals surface area contributed by atoms with Crippen LogP contribution in [0, 0.1) is 13.8 Å². The fourth-order valence-electron chi connectivity index (χ4n) is 2.49. The number of allylic oxidation sites excluding steroid dienone is 1. The van der Waals surface area contributed by atoms with E-state index in [1.807, 2.05) is 32.9 Å². The summed E-state index contributed by atoms with van der Waals surface area (Å²) >= 11 is 0. The van der Waals surface area contributed by atoms with Crippen LogP contribution < -0.4 is 5.43 Å². The van der Waals surface area contributed by atoms with Gasteiger partial charge in [-0.1, -0.05) is 44.2 Å². The standard InChI is InChI=1S/C20H26N4O/c1-14(2)19-8-6-18(7-9-19)10-15(3)12-21-22-20(25)13-24-17(5)11-16(4)23-24/h6-12,14H,13H2,1-5H3,(H,22,25)/b15-10-,21-12-. The number of benzene rings is 1. The minimum absolute atomic E-state index is 0.163. The predicted octanol–water partition coefficient (Wildman–Crippen LogP) is 3.83. The maximum absolute atomic E-state index is 11.9.